The summed E-state index contributed by atoms with van der Waals surface area (Å²) in [6.45, 7) is 2.00. The van der Waals surface area contributed by atoms with Gasteiger partial charge in [-0.05, 0) is 30.7 Å². The molecule has 0 atom stereocenters. The molecule has 0 aliphatic carbocycles. The van der Waals surface area contributed by atoms with E-state index in [-0.39, 0.29) is 11.2 Å². The summed E-state index contributed by atoms with van der Waals surface area (Å²) >= 11 is 1.24. The molecular formula is C18H12N4O3S. The Labute approximate surface area is 151 Å². The van der Waals surface area contributed by atoms with E-state index in [0.29, 0.717) is 20.9 Å². The van der Waals surface area contributed by atoms with Gasteiger partial charge < -0.3 is 0 Å². The van der Waals surface area contributed by atoms with Gasteiger partial charge in [-0.1, -0.05) is 41.2 Å². The lowest BCUT2D eigenvalue weighted by Gasteiger charge is -1.95. The number of rotatable bonds is 3. The normalized spacial score (nSPS) is 12.0. The second kappa shape index (κ2) is 6.16. The Morgan fingerprint density at radius 3 is 2.42 bits per heavy atom. The number of non-ortho nitro benzene ring substituents is 1. The first-order chi connectivity index (χ1) is 12.5. The van der Waals surface area contributed by atoms with Crippen LogP contribution < -0.4 is 10.1 Å². The number of nitrogens with zero attached hydrogens (tertiary/aromatic N) is 4. The number of nitro groups is 1. The third-order valence-electron chi connectivity index (χ3n) is 3.89. The van der Waals surface area contributed by atoms with Gasteiger partial charge in [-0.25, -0.2) is 0 Å². The molecule has 0 bridgehead atoms. The van der Waals surface area contributed by atoms with Gasteiger partial charge in [0.25, 0.3) is 11.2 Å². The lowest BCUT2D eigenvalue weighted by Crippen LogP contribution is -2.23. The van der Waals surface area contributed by atoms with Crippen LogP contribution in [0.2, 0.25) is 0 Å². The van der Waals surface area contributed by atoms with Gasteiger partial charge in [0.1, 0.15) is 0 Å². The molecule has 0 unspecified atom stereocenters. The zero-order valence-electron chi connectivity index (χ0n) is 13.6. The molecule has 8 heteroatoms. The summed E-state index contributed by atoms with van der Waals surface area (Å²) in [6, 6.07) is 13.8. The van der Waals surface area contributed by atoms with Crippen LogP contribution in [-0.2, 0) is 0 Å². The molecule has 0 aliphatic heterocycles. The molecule has 0 spiro atoms. The van der Waals surface area contributed by atoms with E-state index in [2.05, 4.69) is 10.1 Å². The van der Waals surface area contributed by atoms with Crippen molar-refractivity contribution in [1.82, 2.24) is 14.6 Å². The Hall–Kier alpha value is -3.39. The van der Waals surface area contributed by atoms with Gasteiger partial charge in [0.05, 0.1) is 9.46 Å². The van der Waals surface area contributed by atoms with Gasteiger partial charge in [-0.3, -0.25) is 14.9 Å². The number of benzene rings is 2. The zero-order chi connectivity index (χ0) is 18.3. The van der Waals surface area contributed by atoms with Crippen molar-refractivity contribution < 1.29 is 4.92 Å². The lowest BCUT2D eigenvalue weighted by atomic mass is 10.1. The van der Waals surface area contributed by atoms with Crippen LogP contribution in [-0.4, -0.2) is 19.5 Å². The Kier molecular flexibility index (Phi) is 3.81. The number of aromatic nitrogens is 3. The first-order valence-corrected chi connectivity index (χ1v) is 8.56. The molecule has 26 heavy (non-hydrogen) atoms. The monoisotopic (exact) mass is 364 g/mol. The molecule has 128 valence electrons. The molecule has 0 saturated carbocycles. The van der Waals surface area contributed by atoms with Crippen LogP contribution in [0.25, 0.3) is 22.4 Å². The Morgan fingerprint density at radius 1 is 1.12 bits per heavy atom. The maximum atomic E-state index is 12.5. The predicted molar refractivity (Wildman–Crippen MR) is 99.2 cm³/mol. The highest BCUT2D eigenvalue weighted by molar-refractivity contribution is 7.15. The summed E-state index contributed by atoms with van der Waals surface area (Å²) in [5, 5.41) is 15.0. The van der Waals surface area contributed by atoms with E-state index in [0.717, 1.165) is 11.1 Å². The molecule has 7 nitrogen and oxygen atoms in total. The fraction of sp³-hybridized carbons (Fsp3) is 0.0556. The summed E-state index contributed by atoms with van der Waals surface area (Å²) < 4.78 is 1.76. The smallest absolute Gasteiger partial charge is 0.266 e. The van der Waals surface area contributed by atoms with Crippen molar-refractivity contribution >= 4 is 28.1 Å². The zero-order valence-corrected chi connectivity index (χ0v) is 14.4. The minimum Gasteiger partial charge on any atom is -0.266 e. The van der Waals surface area contributed by atoms with Crippen LogP contribution in [0, 0.1) is 17.0 Å². The van der Waals surface area contributed by atoms with Gasteiger partial charge in [0.2, 0.25) is 4.96 Å². The largest absolute Gasteiger partial charge is 0.291 e. The van der Waals surface area contributed by atoms with Crippen molar-refractivity contribution in [3.05, 3.63) is 84.7 Å². The van der Waals surface area contributed by atoms with Crippen LogP contribution in [0.3, 0.4) is 0 Å². The van der Waals surface area contributed by atoms with Crippen molar-refractivity contribution in [2.45, 2.75) is 6.92 Å². The summed E-state index contributed by atoms with van der Waals surface area (Å²) in [5.74, 6) is 0.509. The molecule has 4 aromatic rings. The molecule has 0 N–H and O–H groups in total. The second-order valence-electron chi connectivity index (χ2n) is 5.76. The van der Waals surface area contributed by atoms with Gasteiger partial charge in [-0.15, -0.1) is 5.10 Å². The van der Waals surface area contributed by atoms with E-state index in [1.807, 2.05) is 31.2 Å². The summed E-state index contributed by atoms with van der Waals surface area (Å²) in [6.07, 6.45) is 1.68. The summed E-state index contributed by atoms with van der Waals surface area (Å²) in [4.78, 5) is 27.7. The minimum absolute atomic E-state index is 0.00915. The van der Waals surface area contributed by atoms with Crippen LogP contribution in [0.4, 0.5) is 5.69 Å². The van der Waals surface area contributed by atoms with Crippen molar-refractivity contribution in [1.29, 1.82) is 0 Å². The molecule has 2 aromatic heterocycles. The maximum Gasteiger partial charge on any atom is 0.291 e. The molecule has 0 amide bonds. The first-order valence-electron chi connectivity index (χ1n) is 7.74. The van der Waals surface area contributed by atoms with Gasteiger partial charge in [0.15, 0.2) is 5.82 Å². The average molecular weight is 364 g/mol. The van der Waals surface area contributed by atoms with E-state index in [4.69, 9.17) is 0 Å². The summed E-state index contributed by atoms with van der Waals surface area (Å²) in [5.41, 5.74) is 2.45. The fourth-order valence-corrected chi connectivity index (χ4v) is 3.41. The predicted octanol–water partition coefficient (Wildman–Crippen LogP) is 2.58. The summed E-state index contributed by atoms with van der Waals surface area (Å²) in [7, 11) is 0. The molecule has 2 aromatic carbocycles. The Balaban J connectivity index is 1.74. The average Bonchev–Trinajstić information content (AvgIpc) is 3.16. The number of nitro benzene ring substituents is 1. The number of hydrogen-bond acceptors (Lipinski definition) is 6. The molecule has 0 aliphatic rings. The van der Waals surface area contributed by atoms with E-state index >= 15 is 0 Å². The van der Waals surface area contributed by atoms with Gasteiger partial charge >= 0.3 is 0 Å². The van der Waals surface area contributed by atoms with Crippen molar-refractivity contribution in [3.8, 4) is 11.4 Å². The SMILES string of the molecule is Cc1ccc(-c2nc3s/c(=C/c4ccc([N+](=O)[O-])cc4)c(=O)n3n2)cc1. The van der Waals surface area contributed by atoms with Crippen LogP contribution in [0.5, 0.6) is 0 Å². The third-order valence-corrected chi connectivity index (χ3v) is 4.85. The Morgan fingerprint density at radius 2 is 1.81 bits per heavy atom. The topological polar surface area (TPSA) is 90.4 Å². The first kappa shape index (κ1) is 16.1. The highest BCUT2D eigenvalue weighted by Crippen LogP contribution is 2.17. The fourth-order valence-electron chi connectivity index (χ4n) is 2.50. The van der Waals surface area contributed by atoms with Crippen molar-refractivity contribution in [2.75, 3.05) is 0 Å². The number of hydrogen-bond donors (Lipinski definition) is 0. The maximum absolute atomic E-state index is 12.5. The van der Waals surface area contributed by atoms with Crippen LogP contribution in [0.15, 0.2) is 53.3 Å². The standard InChI is InChI=1S/C18H12N4O3S/c1-11-2-6-13(7-3-11)16-19-18-21(20-16)17(23)15(26-18)10-12-4-8-14(9-5-12)22(24)25/h2-10H,1H3/b15-10+. The third kappa shape index (κ3) is 2.86. The number of aryl methyl sites for hydroxylation is 1. The van der Waals surface area contributed by atoms with Crippen molar-refractivity contribution in [2.24, 2.45) is 0 Å². The van der Waals surface area contributed by atoms with Crippen LogP contribution in [0.1, 0.15) is 11.1 Å². The molecule has 0 saturated heterocycles. The van der Waals surface area contributed by atoms with E-state index in [1.54, 1.807) is 18.2 Å². The van der Waals surface area contributed by atoms with E-state index < -0.39 is 4.92 Å². The lowest BCUT2D eigenvalue weighted by molar-refractivity contribution is -0.384. The van der Waals surface area contributed by atoms with Crippen LogP contribution >= 0.6 is 11.3 Å². The van der Waals surface area contributed by atoms with E-state index in [9.17, 15) is 14.9 Å². The molecule has 0 radical (unpaired) electrons. The highest BCUT2D eigenvalue weighted by Gasteiger charge is 2.12. The highest BCUT2D eigenvalue weighted by atomic mass is 32.1. The molecule has 0 fully saturated rings. The second-order valence-corrected chi connectivity index (χ2v) is 6.77. The number of fused-ring (bicyclic) bond motifs is 1. The van der Waals surface area contributed by atoms with Gasteiger partial charge in [-0.2, -0.15) is 9.50 Å². The molecule has 2 heterocycles. The Bertz CT molecular complexity index is 1220. The van der Waals surface area contributed by atoms with E-state index in [1.165, 1.54) is 28.0 Å². The molecule has 4 rings (SSSR count). The number of thiazole rings is 1. The van der Waals surface area contributed by atoms with Gasteiger partial charge in [0, 0.05) is 17.7 Å². The minimum atomic E-state index is -0.460. The quantitative estimate of drug-likeness (QED) is 0.412. The molecular weight excluding hydrogens is 352 g/mol. The van der Waals surface area contributed by atoms with Crippen molar-refractivity contribution in [3.63, 3.8) is 0 Å².